The summed E-state index contributed by atoms with van der Waals surface area (Å²) >= 11 is 0. The first-order valence-electron chi connectivity index (χ1n) is 5.97. The highest BCUT2D eigenvalue weighted by Gasteiger charge is 1.89. The zero-order valence-corrected chi connectivity index (χ0v) is 10.1. The smallest absolute Gasteiger partial charge is 0.0244 e. The summed E-state index contributed by atoms with van der Waals surface area (Å²) in [7, 11) is 3.92. The molecule has 0 aliphatic heterocycles. The van der Waals surface area contributed by atoms with Crippen molar-refractivity contribution in [2.75, 3.05) is 14.1 Å². The van der Waals surface area contributed by atoms with E-state index in [1.165, 1.54) is 44.9 Å². The van der Waals surface area contributed by atoms with Crippen LogP contribution < -0.4 is 0 Å². The van der Waals surface area contributed by atoms with Crippen LogP contribution in [0.15, 0.2) is 5.10 Å². The summed E-state index contributed by atoms with van der Waals surface area (Å²) < 4.78 is 0. The van der Waals surface area contributed by atoms with Crippen molar-refractivity contribution in [3.05, 3.63) is 0 Å². The molecular weight excluding hydrogens is 172 g/mol. The Morgan fingerprint density at radius 2 is 1.50 bits per heavy atom. The molecule has 0 atom stereocenters. The predicted molar refractivity (Wildman–Crippen MR) is 64.8 cm³/mol. The number of hydrogen-bond donors (Lipinski definition) is 0. The van der Waals surface area contributed by atoms with Gasteiger partial charge in [0.25, 0.3) is 0 Å². The number of unbranched alkanes of at least 4 members (excludes halogenated alkanes) is 7. The standard InChI is InChI=1S/C12H26N2/c1-4-5-6-7-8-9-10-11-12-13-14(2)3/h12H,4-11H2,1-3H3. The molecule has 0 bridgehead atoms. The van der Waals surface area contributed by atoms with Crippen LogP contribution in [0.2, 0.25) is 0 Å². The summed E-state index contributed by atoms with van der Waals surface area (Å²) in [5.74, 6) is 0. The lowest BCUT2D eigenvalue weighted by Gasteiger charge is -2.02. The Labute approximate surface area is 89.4 Å². The SMILES string of the molecule is CCCCCCCCCC=NN(C)C. The zero-order chi connectivity index (χ0) is 10.6. The lowest BCUT2D eigenvalue weighted by atomic mass is 10.1. The van der Waals surface area contributed by atoms with Crippen LogP contribution in [0.25, 0.3) is 0 Å². The third-order valence-electron chi connectivity index (χ3n) is 2.25. The van der Waals surface area contributed by atoms with Gasteiger partial charge in [-0.15, -0.1) is 0 Å². The lowest BCUT2D eigenvalue weighted by molar-refractivity contribution is 0.438. The Hall–Kier alpha value is -0.530. The highest BCUT2D eigenvalue weighted by atomic mass is 15.4. The van der Waals surface area contributed by atoms with E-state index in [1.807, 2.05) is 25.3 Å². The molecule has 0 rings (SSSR count). The molecule has 0 aromatic heterocycles. The first-order chi connectivity index (χ1) is 6.77. The Kier molecular flexibility index (Phi) is 10.2. The van der Waals surface area contributed by atoms with Crippen LogP contribution >= 0.6 is 0 Å². The van der Waals surface area contributed by atoms with E-state index in [1.54, 1.807) is 0 Å². The fourth-order valence-corrected chi connectivity index (χ4v) is 1.41. The number of rotatable bonds is 9. The average Bonchev–Trinajstić information content (AvgIpc) is 2.15. The first kappa shape index (κ1) is 13.5. The van der Waals surface area contributed by atoms with Crippen LogP contribution in [0, 0.1) is 0 Å². The summed E-state index contributed by atoms with van der Waals surface area (Å²) in [6, 6.07) is 0. The maximum Gasteiger partial charge on any atom is 0.0244 e. The molecule has 0 N–H and O–H groups in total. The van der Waals surface area contributed by atoms with Gasteiger partial charge in [0, 0.05) is 20.3 Å². The van der Waals surface area contributed by atoms with Crippen molar-refractivity contribution in [3.8, 4) is 0 Å². The largest absolute Gasteiger partial charge is 0.303 e. The van der Waals surface area contributed by atoms with E-state index >= 15 is 0 Å². The normalized spacial score (nSPS) is 11.1. The molecule has 0 fully saturated rings. The van der Waals surface area contributed by atoms with Crippen LogP contribution in [0.3, 0.4) is 0 Å². The Bertz CT molecular complexity index is 130. The maximum absolute atomic E-state index is 4.18. The van der Waals surface area contributed by atoms with Gasteiger partial charge in [0.1, 0.15) is 0 Å². The Morgan fingerprint density at radius 3 is 2.07 bits per heavy atom. The predicted octanol–water partition coefficient (Wildman–Crippen LogP) is 3.67. The minimum Gasteiger partial charge on any atom is -0.303 e. The molecule has 0 saturated heterocycles. The van der Waals surface area contributed by atoms with E-state index in [0.29, 0.717) is 0 Å². The number of hydrazone groups is 1. The van der Waals surface area contributed by atoms with Crippen molar-refractivity contribution in [3.63, 3.8) is 0 Å². The molecular formula is C12H26N2. The third kappa shape index (κ3) is 11.5. The minimum absolute atomic E-state index is 1.13. The second-order valence-electron chi connectivity index (χ2n) is 4.06. The monoisotopic (exact) mass is 198 g/mol. The molecule has 0 saturated carbocycles. The van der Waals surface area contributed by atoms with Gasteiger partial charge in [0.05, 0.1) is 0 Å². The van der Waals surface area contributed by atoms with Gasteiger partial charge in [-0.3, -0.25) is 0 Å². The molecule has 2 heteroatoms. The molecule has 0 aromatic rings. The van der Waals surface area contributed by atoms with Crippen molar-refractivity contribution >= 4 is 6.21 Å². The van der Waals surface area contributed by atoms with Crippen LogP contribution in [-0.4, -0.2) is 25.3 Å². The van der Waals surface area contributed by atoms with Gasteiger partial charge in [-0.1, -0.05) is 45.4 Å². The molecule has 0 aliphatic carbocycles. The number of nitrogens with zero attached hydrogens (tertiary/aromatic N) is 2. The van der Waals surface area contributed by atoms with Gasteiger partial charge in [-0.25, -0.2) is 0 Å². The molecule has 0 spiro atoms. The summed E-state index contributed by atoms with van der Waals surface area (Å²) in [4.78, 5) is 0. The van der Waals surface area contributed by atoms with E-state index < -0.39 is 0 Å². The summed E-state index contributed by atoms with van der Waals surface area (Å²) in [6.07, 6.45) is 12.8. The third-order valence-corrected chi connectivity index (χ3v) is 2.25. The van der Waals surface area contributed by atoms with E-state index in [4.69, 9.17) is 0 Å². The quantitative estimate of drug-likeness (QED) is 0.313. The van der Waals surface area contributed by atoms with Crippen molar-refractivity contribution in [2.24, 2.45) is 5.10 Å². The topological polar surface area (TPSA) is 15.6 Å². The lowest BCUT2D eigenvalue weighted by Crippen LogP contribution is -2.01. The molecule has 84 valence electrons. The van der Waals surface area contributed by atoms with E-state index in [0.717, 1.165) is 6.42 Å². The van der Waals surface area contributed by atoms with Gasteiger partial charge in [0.15, 0.2) is 0 Å². The van der Waals surface area contributed by atoms with E-state index in [2.05, 4.69) is 12.0 Å². The van der Waals surface area contributed by atoms with Crippen LogP contribution in [-0.2, 0) is 0 Å². The summed E-state index contributed by atoms with van der Waals surface area (Å²) in [5.41, 5.74) is 0. The first-order valence-corrected chi connectivity index (χ1v) is 5.97. The molecule has 0 amide bonds. The summed E-state index contributed by atoms with van der Waals surface area (Å²) in [6.45, 7) is 2.26. The van der Waals surface area contributed by atoms with E-state index in [-0.39, 0.29) is 0 Å². The summed E-state index contributed by atoms with van der Waals surface area (Å²) in [5, 5.41) is 6.03. The van der Waals surface area contributed by atoms with Crippen molar-refractivity contribution in [1.29, 1.82) is 0 Å². The molecule has 0 unspecified atom stereocenters. The number of hydrogen-bond acceptors (Lipinski definition) is 2. The van der Waals surface area contributed by atoms with Crippen LogP contribution in [0.5, 0.6) is 0 Å². The van der Waals surface area contributed by atoms with Crippen LogP contribution in [0.4, 0.5) is 0 Å². The molecule has 0 radical (unpaired) electrons. The highest BCUT2D eigenvalue weighted by molar-refractivity contribution is 5.56. The fourth-order valence-electron chi connectivity index (χ4n) is 1.41. The van der Waals surface area contributed by atoms with Gasteiger partial charge in [-0.05, 0) is 12.8 Å². The molecule has 14 heavy (non-hydrogen) atoms. The molecule has 0 heterocycles. The Morgan fingerprint density at radius 1 is 0.929 bits per heavy atom. The average molecular weight is 198 g/mol. The van der Waals surface area contributed by atoms with Gasteiger partial charge in [0.2, 0.25) is 0 Å². The van der Waals surface area contributed by atoms with Crippen molar-refractivity contribution < 1.29 is 0 Å². The second kappa shape index (κ2) is 10.6. The molecule has 0 aliphatic rings. The Balaban J connectivity index is 2.99. The molecule has 2 nitrogen and oxygen atoms in total. The van der Waals surface area contributed by atoms with E-state index in [9.17, 15) is 0 Å². The highest BCUT2D eigenvalue weighted by Crippen LogP contribution is 2.07. The van der Waals surface area contributed by atoms with Crippen molar-refractivity contribution in [2.45, 2.75) is 58.3 Å². The van der Waals surface area contributed by atoms with Gasteiger partial charge >= 0.3 is 0 Å². The maximum atomic E-state index is 4.18. The van der Waals surface area contributed by atoms with Gasteiger partial charge < -0.3 is 5.01 Å². The second-order valence-corrected chi connectivity index (χ2v) is 4.06. The minimum atomic E-state index is 1.13. The van der Waals surface area contributed by atoms with Crippen LogP contribution in [0.1, 0.15) is 58.3 Å². The zero-order valence-electron chi connectivity index (χ0n) is 10.1. The molecule has 0 aromatic carbocycles. The van der Waals surface area contributed by atoms with Crippen molar-refractivity contribution in [1.82, 2.24) is 5.01 Å². The van der Waals surface area contributed by atoms with Gasteiger partial charge in [-0.2, -0.15) is 5.10 Å². The fraction of sp³-hybridized carbons (Fsp3) is 0.917.